The average molecular weight is 251 g/mol. The van der Waals surface area contributed by atoms with E-state index in [1.54, 1.807) is 0 Å². The van der Waals surface area contributed by atoms with Gasteiger partial charge in [0.05, 0.1) is 6.10 Å². The highest BCUT2D eigenvalue weighted by molar-refractivity contribution is 5.02. The van der Waals surface area contributed by atoms with E-state index in [9.17, 15) is 5.11 Å². The van der Waals surface area contributed by atoms with Crippen LogP contribution in [0.4, 0.5) is 0 Å². The second-order valence-electron chi connectivity index (χ2n) is 5.32. The number of hydrogen-bond acceptors (Lipinski definition) is 4. The van der Waals surface area contributed by atoms with E-state index in [2.05, 4.69) is 14.8 Å². The van der Waals surface area contributed by atoms with Gasteiger partial charge in [-0.05, 0) is 38.5 Å². The van der Waals surface area contributed by atoms with Crippen LogP contribution >= 0.6 is 0 Å². The molecule has 0 amide bonds. The van der Waals surface area contributed by atoms with Crippen molar-refractivity contribution in [3.63, 3.8) is 0 Å². The van der Waals surface area contributed by atoms with Crippen LogP contribution in [-0.4, -0.2) is 32.6 Å². The third-order valence-electron chi connectivity index (χ3n) is 3.85. The van der Waals surface area contributed by atoms with Gasteiger partial charge in [-0.2, -0.15) is 0 Å². The molecule has 1 aliphatic carbocycles. The van der Waals surface area contributed by atoms with Gasteiger partial charge in [-0.25, -0.2) is 0 Å². The molecule has 0 aromatic carbocycles. The lowest BCUT2D eigenvalue weighted by Crippen LogP contribution is -2.20. The van der Waals surface area contributed by atoms with Crippen molar-refractivity contribution in [1.29, 1.82) is 0 Å². The van der Waals surface area contributed by atoms with Crippen LogP contribution in [0.2, 0.25) is 0 Å². The lowest BCUT2D eigenvalue weighted by Gasteiger charge is -2.22. The van der Waals surface area contributed by atoms with Gasteiger partial charge in [-0.15, -0.1) is 10.2 Å². The molecule has 2 heterocycles. The van der Waals surface area contributed by atoms with Crippen molar-refractivity contribution in [2.45, 2.75) is 63.7 Å². The van der Waals surface area contributed by atoms with Crippen LogP contribution in [0.25, 0.3) is 0 Å². The Morgan fingerprint density at radius 2 is 2.00 bits per heavy atom. The third-order valence-corrected chi connectivity index (χ3v) is 3.85. The summed E-state index contributed by atoms with van der Waals surface area (Å²) in [6.07, 6.45) is 8.36. The summed E-state index contributed by atoms with van der Waals surface area (Å²) in [6, 6.07) is 0.532. The molecule has 1 N–H and O–H groups in total. The maximum Gasteiger partial charge on any atom is 0.159 e. The van der Waals surface area contributed by atoms with Crippen LogP contribution in [0, 0.1) is 0 Å². The summed E-state index contributed by atoms with van der Waals surface area (Å²) >= 11 is 0. The van der Waals surface area contributed by atoms with Gasteiger partial charge in [0.15, 0.2) is 5.82 Å². The highest BCUT2D eigenvalue weighted by Crippen LogP contribution is 2.37. The van der Waals surface area contributed by atoms with Gasteiger partial charge in [-0.3, -0.25) is 0 Å². The van der Waals surface area contributed by atoms with Crippen molar-refractivity contribution in [2.75, 3.05) is 6.61 Å². The predicted molar refractivity (Wildman–Crippen MR) is 66.1 cm³/mol. The lowest BCUT2D eigenvalue weighted by atomic mass is 10.0. The number of aryl methyl sites for hydroxylation is 1. The van der Waals surface area contributed by atoms with E-state index >= 15 is 0 Å². The van der Waals surface area contributed by atoms with Crippen molar-refractivity contribution in [3.8, 4) is 0 Å². The number of hydrogen-bond donors (Lipinski definition) is 1. The van der Waals surface area contributed by atoms with Crippen LogP contribution in [0.1, 0.15) is 56.2 Å². The van der Waals surface area contributed by atoms with E-state index in [-0.39, 0.29) is 6.61 Å². The van der Waals surface area contributed by atoms with Gasteiger partial charge in [0.1, 0.15) is 12.4 Å². The van der Waals surface area contributed by atoms with Crippen molar-refractivity contribution in [2.24, 2.45) is 0 Å². The van der Waals surface area contributed by atoms with E-state index in [4.69, 9.17) is 4.74 Å². The molecule has 1 aliphatic heterocycles. The number of nitrogens with zero attached hydrogens (tertiary/aromatic N) is 3. The number of aromatic nitrogens is 3. The number of aliphatic hydroxyl groups is 1. The molecule has 1 atom stereocenters. The SMILES string of the molecule is OCc1nnc(CCC2CCCCO2)n1C1CC1. The van der Waals surface area contributed by atoms with Crippen LogP contribution in [0.15, 0.2) is 0 Å². The Labute approximate surface area is 107 Å². The first-order valence-electron chi connectivity index (χ1n) is 7.03. The quantitative estimate of drug-likeness (QED) is 0.863. The minimum atomic E-state index is -0.0105. The summed E-state index contributed by atoms with van der Waals surface area (Å²) in [6.45, 7) is 0.894. The first-order chi connectivity index (χ1) is 8.88. The lowest BCUT2D eigenvalue weighted by molar-refractivity contribution is 0.0111. The molecule has 1 unspecified atom stereocenters. The van der Waals surface area contributed by atoms with Crippen LogP contribution in [-0.2, 0) is 17.8 Å². The molecule has 0 bridgehead atoms. The fourth-order valence-electron chi connectivity index (χ4n) is 2.72. The molecule has 2 aliphatic rings. The van der Waals surface area contributed by atoms with E-state index < -0.39 is 0 Å². The topological polar surface area (TPSA) is 60.2 Å². The van der Waals surface area contributed by atoms with Crippen molar-refractivity contribution < 1.29 is 9.84 Å². The second kappa shape index (κ2) is 5.36. The fraction of sp³-hybridized carbons (Fsp3) is 0.846. The Morgan fingerprint density at radius 3 is 2.67 bits per heavy atom. The zero-order valence-electron chi connectivity index (χ0n) is 10.7. The smallest absolute Gasteiger partial charge is 0.159 e. The Balaban J connectivity index is 1.63. The fourth-order valence-corrected chi connectivity index (χ4v) is 2.72. The molecule has 100 valence electrons. The van der Waals surface area contributed by atoms with Gasteiger partial charge < -0.3 is 14.4 Å². The third kappa shape index (κ3) is 2.57. The number of aliphatic hydroxyl groups excluding tert-OH is 1. The molecule has 5 nitrogen and oxygen atoms in total. The summed E-state index contributed by atoms with van der Waals surface area (Å²) < 4.78 is 7.88. The van der Waals surface area contributed by atoms with Gasteiger partial charge in [0.2, 0.25) is 0 Å². The molecule has 0 radical (unpaired) electrons. The molecule has 1 aromatic rings. The second-order valence-corrected chi connectivity index (χ2v) is 5.32. The normalized spacial score (nSPS) is 24.4. The predicted octanol–water partition coefficient (Wildman–Crippen LogP) is 1.61. The summed E-state index contributed by atoms with van der Waals surface area (Å²) in [5.41, 5.74) is 0. The number of ether oxygens (including phenoxy) is 1. The van der Waals surface area contributed by atoms with Crippen molar-refractivity contribution in [1.82, 2.24) is 14.8 Å². The zero-order valence-corrected chi connectivity index (χ0v) is 10.7. The summed E-state index contributed by atoms with van der Waals surface area (Å²) in [5, 5.41) is 17.6. The van der Waals surface area contributed by atoms with E-state index in [0.29, 0.717) is 12.1 Å². The highest BCUT2D eigenvalue weighted by Gasteiger charge is 2.29. The molecular formula is C13H21N3O2. The molecule has 1 saturated carbocycles. The molecule has 1 aromatic heterocycles. The Hall–Kier alpha value is -0.940. The largest absolute Gasteiger partial charge is 0.388 e. The summed E-state index contributed by atoms with van der Waals surface area (Å²) in [5.74, 6) is 1.74. The Bertz CT molecular complexity index is 395. The molecule has 18 heavy (non-hydrogen) atoms. The van der Waals surface area contributed by atoms with Gasteiger partial charge in [0, 0.05) is 19.1 Å². The van der Waals surface area contributed by atoms with Crippen LogP contribution < -0.4 is 0 Å². The van der Waals surface area contributed by atoms with Crippen LogP contribution in [0.3, 0.4) is 0 Å². The van der Waals surface area contributed by atoms with E-state index in [1.165, 1.54) is 32.1 Å². The first-order valence-corrected chi connectivity index (χ1v) is 7.03. The maximum absolute atomic E-state index is 9.28. The maximum atomic E-state index is 9.28. The van der Waals surface area contributed by atoms with E-state index in [1.807, 2.05) is 0 Å². The van der Waals surface area contributed by atoms with Gasteiger partial charge in [0.25, 0.3) is 0 Å². The van der Waals surface area contributed by atoms with Crippen molar-refractivity contribution in [3.05, 3.63) is 11.6 Å². The number of rotatable bonds is 5. The first kappa shape index (κ1) is 12.1. The van der Waals surface area contributed by atoms with Gasteiger partial charge >= 0.3 is 0 Å². The standard InChI is InChI=1S/C13H21N3O2/c17-9-13-15-14-12(16(13)10-4-5-10)7-6-11-3-1-2-8-18-11/h10-11,17H,1-9H2. The van der Waals surface area contributed by atoms with Crippen molar-refractivity contribution >= 4 is 0 Å². The molecule has 3 rings (SSSR count). The van der Waals surface area contributed by atoms with Crippen LogP contribution in [0.5, 0.6) is 0 Å². The molecule has 1 saturated heterocycles. The summed E-state index contributed by atoms with van der Waals surface area (Å²) in [7, 11) is 0. The van der Waals surface area contributed by atoms with Gasteiger partial charge in [-0.1, -0.05) is 0 Å². The molecule has 2 fully saturated rings. The van der Waals surface area contributed by atoms with E-state index in [0.717, 1.165) is 31.1 Å². The molecule has 0 spiro atoms. The molecular weight excluding hydrogens is 230 g/mol. The Morgan fingerprint density at radius 1 is 1.17 bits per heavy atom. The average Bonchev–Trinajstić information content (AvgIpc) is 3.18. The monoisotopic (exact) mass is 251 g/mol. The minimum Gasteiger partial charge on any atom is -0.388 e. The minimum absolute atomic E-state index is 0.0105. The Kier molecular flexibility index (Phi) is 3.61. The zero-order chi connectivity index (χ0) is 12.4. The highest BCUT2D eigenvalue weighted by atomic mass is 16.5. The molecule has 5 heteroatoms. The summed E-state index contributed by atoms with van der Waals surface area (Å²) in [4.78, 5) is 0.